The SMILES string of the molecule is CC(C)(C)n1nnc(C2(N)CC(F)(F)C2)n1. The fourth-order valence-electron chi connectivity index (χ4n) is 1.73. The number of nitrogens with zero attached hydrogens (tertiary/aromatic N) is 4. The van der Waals surface area contributed by atoms with E-state index in [2.05, 4.69) is 15.4 Å². The van der Waals surface area contributed by atoms with Crippen molar-refractivity contribution in [3.63, 3.8) is 0 Å². The molecular weight excluding hydrogens is 216 g/mol. The summed E-state index contributed by atoms with van der Waals surface area (Å²) in [5.41, 5.74) is 4.35. The second-order valence-electron chi connectivity index (χ2n) is 5.44. The van der Waals surface area contributed by atoms with Gasteiger partial charge in [-0.2, -0.15) is 4.80 Å². The quantitative estimate of drug-likeness (QED) is 0.783. The van der Waals surface area contributed by atoms with E-state index >= 15 is 0 Å². The minimum absolute atomic E-state index is 0.202. The van der Waals surface area contributed by atoms with Gasteiger partial charge in [0.25, 0.3) is 5.92 Å². The Morgan fingerprint density at radius 2 is 1.88 bits per heavy atom. The van der Waals surface area contributed by atoms with Crippen molar-refractivity contribution in [2.24, 2.45) is 5.73 Å². The van der Waals surface area contributed by atoms with Crippen molar-refractivity contribution in [3.05, 3.63) is 5.82 Å². The van der Waals surface area contributed by atoms with Crippen LogP contribution in [0.1, 0.15) is 39.4 Å². The molecule has 2 N–H and O–H groups in total. The van der Waals surface area contributed by atoms with Crippen LogP contribution in [-0.2, 0) is 11.1 Å². The van der Waals surface area contributed by atoms with Gasteiger partial charge < -0.3 is 5.73 Å². The predicted octanol–water partition coefficient (Wildman–Crippen LogP) is 1.01. The fraction of sp³-hybridized carbons (Fsp3) is 0.889. The Hall–Kier alpha value is -1.11. The number of aromatic nitrogens is 4. The van der Waals surface area contributed by atoms with Crippen molar-refractivity contribution in [1.82, 2.24) is 20.2 Å². The largest absolute Gasteiger partial charge is 0.318 e. The molecule has 0 aromatic carbocycles. The van der Waals surface area contributed by atoms with Gasteiger partial charge in [-0.25, -0.2) is 8.78 Å². The number of nitrogens with two attached hydrogens (primary N) is 1. The lowest BCUT2D eigenvalue weighted by molar-refractivity contribution is -0.127. The van der Waals surface area contributed by atoms with Gasteiger partial charge in [0.1, 0.15) is 0 Å². The standard InChI is InChI=1S/C9H15F2N5/c1-7(2,3)16-14-6(13-15-16)8(12)4-9(10,11)5-8/h4-5,12H2,1-3H3. The summed E-state index contributed by atoms with van der Waals surface area (Å²) in [4.78, 5) is 1.40. The molecule has 90 valence electrons. The molecule has 0 aliphatic heterocycles. The van der Waals surface area contributed by atoms with Crippen LogP contribution in [0.5, 0.6) is 0 Å². The first-order chi connectivity index (χ1) is 7.12. The van der Waals surface area contributed by atoms with Gasteiger partial charge in [0.2, 0.25) is 0 Å². The molecule has 1 saturated carbocycles. The lowest BCUT2D eigenvalue weighted by Gasteiger charge is -2.41. The molecule has 16 heavy (non-hydrogen) atoms. The summed E-state index contributed by atoms with van der Waals surface area (Å²) in [6.45, 7) is 5.70. The van der Waals surface area contributed by atoms with Crippen molar-refractivity contribution in [1.29, 1.82) is 0 Å². The van der Waals surface area contributed by atoms with E-state index < -0.39 is 24.3 Å². The van der Waals surface area contributed by atoms with E-state index in [0.29, 0.717) is 0 Å². The van der Waals surface area contributed by atoms with Gasteiger partial charge >= 0.3 is 0 Å². The Morgan fingerprint density at radius 3 is 2.25 bits per heavy atom. The number of hydrogen-bond donors (Lipinski definition) is 1. The second kappa shape index (κ2) is 2.97. The number of tetrazole rings is 1. The molecule has 0 unspecified atom stereocenters. The third kappa shape index (κ3) is 1.79. The summed E-state index contributed by atoms with van der Waals surface area (Å²) in [7, 11) is 0. The highest BCUT2D eigenvalue weighted by Crippen LogP contribution is 2.48. The van der Waals surface area contributed by atoms with E-state index in [1.165, 1.54) is 4.80 Å². The second-order valence-corrected chi connectivity index (χ2v) is 5.44. The minimum Gasteiger partial charge on any atom is -0.318 e. The highest BCUT2D eigenvalue weighted by molar-refractivity contribution is 5.13. The summed E-state index contributed by atoms with van der Waals surface area (Å²) in [6, 6.07) is 0. The third-order valence-corrected chi connectivity index (χ3v) is 2.61. The molecule has 0 bridgehead atoms. The van der Waals surface area contributed by atoms with Gasteiger partial charge in [-0.05, 0) is 26.0 Å². The molecule has 0 spiro atoms. The molecule has 0 saturated heterocycles. The molecule has 5 nitrogen and oxygen atoms in total. The zero-order valence-corrected chi connectivity index (χ0v) is 9.54. The van der Waals surface area contributed by atoms with E-state index in [1.54, 1.807) is 0 Å². The summed E-state index contributed by atoms with van der Waals surface area (Å²) in [5, 5.41) is 11.7. The highest BCUT2D eigenvalue weighted by Gasteiger charge is 2.57. The van der Waals surface area contributed by atoms with Gasteiger partial charge in [0.15, 0.2) is 5.82 Å². The van der Waals surface area contributed by atoms with E-state index in [4.69, 9.17) is 5.73 Å². The van der Waals surface area contributed by atoms with Crippen molar-refractivity contribution in [2.45, 2.75) is 50.6 Å². The number of halogens is 2. The molecule has 7 heteroatoms. The topological polar surface area (TPSA) is 69.6 Å². The first-order valence-electron chi connectivity index (χ1n) is 5.10. The normalized spacial score (nSPS) is 22.9. The predicted molar refractivity (Wildman–Crippen MR) is 52.9 cm³/mol. The fourth-order valence-corrected chi connectivity index (χ4v) is 1.73. The Labute approximate surface area is 92.0 Å². The van der Waals surface area contributed by atoms with Crippen LogP contribution in [0.25, 0.3) is 0 Å². The molecule has 2 rings (SSSR count). The summed E-state index contributed by atoms with van der Waals surface area (Å²) < 4.78 is 25.6. The monoisotopic (exact) mass is 231 g/mol. The van der Waals surface area contributed by atoms with Gasteiger partial charge in [-0.15, -0.1) is 10.2 Å². The Morgan fingerprint density at radius 1 is 1.31 bits per heavy atom. The average molecular weight is 231 g/mol. The maximum atomic E-state index is 12.8. The number of rotatable bonds is 1. The molecule has 0 atom stereocenters. The smallest absolute Gasteiger partial charge is 0.252 e. The van der Waals surface area contributed by atoms with Crippen LogP contribution < -0.4 is 5.73 Å². The molecule has 1 aliphatic rings. The van der Waals surface area contributed by atoms with Crippen molar-refractivity contribution in [2.75, 3.05) is 0 Å². The van der Waals surface area contributed by atoms with E-state index in [0.717, 1.165) is 0 Å². The Balaban J connectivity index is 2.21. The number of hydrogen-bond acceptors (Lipinski definition) is 4. The molecular formula is C9H15F2N5. The van der Waals surface area contributed by atoms with Crippen LogP contribution in [0.3, 0.4) is 0 Å². The van der Waals surface area contributed by atoms with Gasteiger partial charge in [-0.3, -0.25) is 0 Å². The summed E-state index contributed by atoms with van der Waals surface area (Å²) in [6.07, 6.45) is -0.814. The zero-order valence-electron chi connectivity index (χ0n) is 9.54. The molecule has 1 heterocycles. The van der Waals surface area contributed by atoms with Gasteiger partial charge in [-0.1, -0.05) is 0 Å². The van der Waals surface area contributed by atoms with E-state index in [-0.39, 0.29) is 11.4 Å². The third-order valence-electron chi connectivity index (χ3n) is 2.61. The molecule has 1 aliphatic carbocycles. The molecule has 1 aromatic heterocycles. The molecule has 0 radical (unpaired) electrons. The summed E-state index contributed by atoms with van der Waals surface area (Å²) >= 11 is 0. The van der Waals surface area contributed by atoms with E-state index in [9.17, 15) is 8.78 Å². The van der Waals surface area contributed by atoms with Crippen LogP contribution in [0.4, 0.5) is 8.78 Å². The van der Waals surface area contributed by atoms with Crippen molar-refractivity contribution >= 4 is 0 Å². The van der Waals surface area contributed by atoms with Crippen molar-refractivity contribution in [3.8, 4) is 0 Å². The highest BCUT2D eigenvalue weighted by atomic mass is 19.3. The van der Waals surface area contributed by atoms with Crippen LogP contribution >= 0.6 is 0 Å². The maximum Gasteiger partial charge on any atom is 0.252 e. The Bertz CT molecular complexity index is 398. The lowest BCUT2D eigenvalue weighted by atomic mass is 9.74. The van der Waals surface area contributed by atoms with Gasteiger partial charge in [0, 0.05) is 12.8 Å². The summed E-state index contributed by atoms with van der Waals surface area (Å²) in [5.74, 6) is -2.49. The van der Waals surface area contributed by atoms with Crippen LogP contribution in [0, 0.1) is 0 Å². The Kier molecular flexibility index (Phi) is 2.11. The van der Waals surface area contributed by atoms with Crippen LogP contribution in [0.15, 0.2) is 0 Å². The van der Waals surface area contributed by atoms with Gasteiger partial charge in [0.05, 0.1) is 11.1 Å². The first kappa shape index (κ1) is 11.4. The molecule has 1 aromatic rings. The first-order valence-corrected chi connectivity index (χ1v) is 5.10. The van der Waals surface area contributed by atoms with Crippen molar-refractivity contribution < 1.29 is 8.78 Å². The maximum absolute atomic E-state index is 12.8. The lowest BCUT2D eigenvalue weighted by Crippen LogP contribution is -2.56. The van der Waals surface area contributed by atoms with E-state index in [1.807, 2.05) is 20.8 Å². The number of alkyl halides is 2. The van der Waals surface area contributed by atoms with Crippen LogP contribution in [-0.4, -0.2) is 26.1 Å². The average Bonchev–Trinajstić information content (AvgIpc) is 2.45. The zero-order chi connectivity index (χ0) is 12.2. The molecule has 0 amide bonds. The van der Waals surface area contributed by atoms with Crippen LogP contribution in [0.2, 0.25) is 0 Å². The molecule has 1 fully saturated rings. The minimum atomic E-state index is -2.69.